The van der Waals surface area contributed by atoms with Gasteiger partial charge < -0.3 is 16.0 Å². The van der Waals surface area contributed by atoms with Crippen LogP contribution in [0, 0.1) is 6.92 Å². The molecule has 0 saturated carbocycles. The molecule has 0 spiro atoms. The molecule has 104 valence electrons. The highest BCUT2D eigenvalue weighted by atomic mass is 35.5. The predicted molar refractivity (Wildman–Crippen MR) is 78.9 cm³/mol. The van der Waals surface area contributed by atoms with Gasteiger partial charge >= 0.3 is 6.03 Å². The summed E-state index contributed by atoms with van der Waals surface area (Å²) in [5.74, 6) is 0. The molecule has 1 atom stereocenters. The Morgan fingerprint density at radius 2 is 2.32 bits per heavy atom. The van der Waals surface area contributed by atoms with Gasteiger partial charge in [-0.05, 0) is 44.0 Å². The first-order valence-electron chi connectivity index (χ1n) is 6.69. The van der Waals surface area contributed by atoms with Crippen LogP contribution in [-0.4, -0.2) is 25.2 Å². The van der Waals surface area contributed by atoms with Gasteiger partial charge in [0.2, 0.25) is 0 Å². The van der Waals surface area contributed by atoms with E-state index in [2.05, 4.69) is 16.0 Å². The number of nitrogens with one attached hydrogen (secondary N) is 3. The van der Waals surface area contributed by atoms with Crippen molar-refractivity contribution in [3.8, 4) is 0 Å². The number of urea groups is 1. The molecule has 1 fully saturated rings. The second-order valence-corrected chi connectivity index (χ2v) is 5.35. The van der Waals surface area contributed by atoms with Gasteiger partial charge in [0.15, 0.2) is 0 Å². The van der Waals surface area contributed by atoms with E-state index in [0.29, 0.717) is 23.3 Å². The lowest BCUT2D eigenvalue weighted by Gasteiger charge is -2.23. The number of benzene rings is 1. The minimum atomic E-state index is -0.188. The van der Waals surface area contributed by atoms with E-state index in [0.717, 1.165) is 18.5 Å². The molecule has 1 unspecified atom stereocenters. The maximum absolute atomic E-state index is 11.8. The Hall–Kier alpha value is -1.26. The van der Waals surface area contributed by atoms with Gasteiger partial charge in [-0.3, -0.25) is 0 Å². The average molecular weight is 282 g/mol. The summed E-state index contributed by atoms with van der Waals surface area (Å²) in [5.41, 5.74) is 1.71. The highest BCUT2D eigenvalue weighted by Crippen LogP contribution is 2.19. The predicted octanol–water partition coefficient (Wildman–Crippen LogP) is 2.91. The van der Waals surface area contributed by atoms with Crippen molar-refractivity contribution in [2.45, 2.75) is 32.2 Å². The molecule has 1 aromatic carbocycles. The Bertz CT molecular complexity index is 444. The first kappa shape index (κ1) is 14.2. The van der Waals surface area contributed by atoms with Crippen LogP contribution in [-0.2, 0) is 0 Å². The largest absolute Gasteiger partial charge is 0.336 e. The molecule has 5 heteroatoms. The van der Waals surface area contributed by atoms with Gasteiger partial charge in [-0.15, -0.1) is 0 Å². The molecule has 1 aromatic rings. The van der Waals surface area contributed by atoms with Crippen LogP contribution in [0.5, 0.6) is 0 Å². The molecular weight excluding hydrogens is 262 g/mol. The van der Waals surface area contributed by atoms with E-state index >= 15 is 0 Å². The summed E-state index contributed by atoms with van der Waals surface area (Å²) < 4.78 is 0. The maximum atomic E-state index is 11.8. The molecule has 0 aromatic heterocycles. The van der Waals surface area contributed by atoms with Gasteiger partial charge in [0.05, 0.1) is 0 Å². The Kier molecular flexibility index (Phi) is 5.05. The lowest BCUT2D eigenvalue weighted by Crippen LogP contribution is -2.44. The minimum Gasteiger partial charge on any atom is -0.336 e. The summed E-state index contributed by atoms with van der Waals surface area (Å²) in [4.78, 5) is 11.8. The van der Waals surface area contributed by atoms with Crippen LogP contribution in [0.4, 0.5) is 10.5 Å². The van der Waals surface area contributed by atoms with E-state index in [1.54, 1.807) is 6.07 Å². The van der Waals surface area contributed by atoms with Crippen molar-refractivity contribution in [1.82, 2.24) is 10.6 Å². The first-order valence-corrected chi connectivity index (χ1v) is 7.07. The van der Waals surface area contributed by atoms with Crippen LogP contribution >= 0.6 is 11.6 Å². The SMILES string of the molecule is Cc1ccc(NC(=O)NCC2CCCCN2)cc1Cl. The first-order chi connectivity index (χ1) is 9.15. The van der Waals surface area contributed by atoms with Crippen LogP contribution in [0.1, 0.15) is 24.8 Å². The number of halogens is 1. The van der Waals surface area contributed by atoms with Crippen molar-refractivity contribution in [3.63, 3.8) is 0 Å². The number of piperidine rings is 1. The Morgan fingerprint density at radius 3 is 3.00 bits per heavy atom. The monoisotopic (exact) mass is 281 g/mol. The summed E-state index contributed by atoms with van der Waals surface area (Å²) >= 11 is 6.01. The normalized spacial score (nSPS) is 18.9. The van der Waals surface area contributed by atoms with Crippen molar-refractivity contribution < 1.29 is 4.79 Å². The van der Waals surface area contributed by atoms with Crippen molar-refractivity contribution in [2.75, 3.05) is 18.4 Å². The number of carbonyl (C=O) groups excluding carboxylic acids is 1. The van der Waals surface area contributed by atoms with E-state index in [9.17, 15) is 4.79 Å². The quantitative estimate of drug-likeness (QED) is 0.798. The summed E-state index contributed by atoms with van der Waals surface area (Å²) in [7, 11) is 0. The van der Waals surface area contributed by atoms with Gasteiger partial charge in [-0.25, -0.2) is 4.79 Å². The van der Waals surface area contributed by atoms with Gasteiger partial charge in [0.25, 0.3) is 0 Å². The fourth-order valence-electron chi connectivity index (χ4n) is 2.16. The minimum absolute atomic E-state index is 0.188. The smallest absolute Gasteiger partial charge is 0.319 e. The van der Waals surface area contributed by atoms with Crippen LogP contribution in [0.2, 0.25) is 5.02 Å². The van der Waals surface area contributed by atoms with E-state index in [1.807, 2.05) is 19.1 Å². The van der Waals surface area contributed by atoms with Crippen LogP contribution in [0.25, 0.3) is 0 Å². The van der Waals surface area contributed by atoms with E-state index in [4.69, 9.17) is 11.6 Å². The molecule has 4 nitrogen and oxygen atoms in total. The average Bonchev–Trinajstić information content (AvgIpc) is 2.42. The fraction of sp³-hybridized carbons (Fsp3) is 0.500. The fourth-order valence-corrected chi connectivity index (χ4v) is 2.34. The molecule has 19 heavy (non-hydrogen) atoms. The molecule has 1 aliphatic rings. The standard InChI is InChI=1S/C14H20ClN3O/c1-10-5-6-11(8-13(10)15)18-14(19)17-9-12-4-2-3-7-16-12/h5-6,8,12,16H,2-4,7,9H2,1H3,(H2,17,18,19). The highest BCUT2D eigenvalue weighted by Gasteiger charge is 2.13. The maximum Gasteiger partial charge on any atom is 0.319 e. The van der Waals surface area contributed by atoms with Gasteiger partial charge in [-0.2, -0.15) is 0 Å². The number of rotatable bonds is 3. The van der Waals surface area contributed by atoms with Gasteiger partial charge in [-0.1, -0.05) is 24.1 Å². The molecule has 0 radical (unpaired) electrons. The summed E-state index contributed by atoms with van der Waals surface area (Å²) in [6.45, 7) is 3.63. The molecule has 1 aliphatic heterocycles. The third-order valence-corrected chi connectivity index (χ3v) is 3.76. The molecule has 3 N–H and O–H groups in total. The van der Waals surface area contributed by atoms with Crippen LogP contribution in [0.15, 0.2) is 18.2 Å². The Balaban J connectivity index is 1.78. The number of carbonyl (C=O) groups is 1. The summed E-state index contributed by atoms with van der Waals surface area (Å²) in [5, 5.41) is 9.72. The summed E-state index contributed by atoms with van der Waals surface area (Å²) in [6.07, 6.45) is 3.58. The van der Waals surface area contributed by atoms with Crippen LogP contribution in [0.3, 0.4) is 0 Å². The lowest BCUT2D eigenvalue weighted by atomic mass is 10.1. The number of amides is 2. The Morgan fingerprint density at radius 1 is 1.47 bits per heavy atom. The molecule has 1 heterocycles. The zero-order valence-electron chi connectivity index (χ0n) is 11.1. The zero-order chi connectivity index (χ0) is 13.7. The highest BCUT2D eigenvalue weighted by molar-refractivity contribution is 6.31. The topological polar surface area (TPSA) is 53.2 Å². The van der Waals surface area contributed by atoms with E-state index in [1.165, 1.54) is 12.8 Å². The Labute approximate surface area is 118 Å². The molecule has 0 bridgehead atoms. The van der Waals surface area contributed by atoms with Crippen LogP contribution < -0.4 is 16.0 Å². The van der Waals surface area contributed by atoms with Crippen molar-refractivity contribution in [1.29, 1.82) is 0 Å². The number of anilines is 1. The van der Waals surface area contributed by atoms with Crippen molar-refractivity contribution in [3.05, 3.63) is 28.8 Å². The molecule has 0 aliphatic carbocycles. The molecule has 2 amide bonds. The number of hydrogen-bond acceptors (Lipinski definition) is 2. The van der Waals surface area contributed by atoms with Crippen molar-refractivity contribution in [2.24, 2.45) is 0 Å². The number of aryl methyl sites for hydroxylation is 1. The van der Waals surface area contributed by atoms with Gasteiger partial charge in [0, 0.05) is 23.3 Å². The molecule has 1 saturated heterocycles. The second-order valence-electron chi connectivity index (χ2n) is 4.95. The third kappa shape index (κ3) is 4.40. The lowest BCUT2D eigenvalue weighted by molar-refractivity contribution is 0.249. The van der Waals surface area contributed by atoms with E-state index < -0.39 is 0 Å². The molecular formula is C14H20ClN3O. The van der Waals surface area contributed by atoms with Gasteiger partial charge in [0.1, 0.15) is 0 Å². The third-order valence-electron chi connectivity index (χ3n) is 3.35. The zero-order valence-corrected chi connectivity index (χ0v) is 11.9. The summed E-state index contributed by atoms with van der Waals surface area (Å²) in [6, 6.07) is 5.70. The molecule has 2 rings (SSSR count). The second kappa shape index (κ2) is 6.78. The van der Waals surface area contributed by atoms with E-state index in [-0.39, 0.29) is 6.03 Å². The van der Waals surface area contributed by atoms with Crippen molar-refractivity contribution >= 4 is 23.3 Å². The number of hydrogen-bond donors (Lipinski definition) is 3.